The molecule has 0 bridgehead atoms. The molecule has 6 heteroatoms. The fraction of sp³-hybridized carbons (Fsp3) is 0.414. The van der Waals surface area contributed by atoms with Crippen LogP contribution in [0.1, 0.15) is 78.5 Å². The van der Waals surface area contributed by atoms with E-state index in [0.29, 0.717) is 17.0 Å². The minimum absolute atomic E-state index is 0.0259. The Balaban J connectivity index is 1.27. The highest BCUT2D eigenvalue weighted by atomic mass is 16.2. The Labute approximate surface area is 206 Å². The van der Waals surface area contributed by atoms with E-state index < -0.39 is 0 Å². The molecule has 0 radical (unpaired) electrons. The first-order valence-electron chi connectivity index (χ1n) is 13.0. The molecule has 6 nitrogen and oxygen atoms in total. The number of rotatable bonds is 6. The standard InChI is InChI=1S/C29H34N4O2/c1-2-19-8-6-7-11-24(19)33-28(34)21-14-12-20(13-15-21)27-31-25-17-16-22(18-26(25)32-27)29(35)30-23-9-4-3-5-10-23/h2,12-19,23-24H,1,3-11H2,(H,30,35)(H,31,32)(H,33,34). The van der Waals surface area contributed by atoms with E-state index in [0.717, 1.165) is 54.5 Å². The molecular weight excluding hydrogens is 436 g/mol. The summed E-state index contributed by atoms with van der Waals surface area (Å²) in [6.45, 7) is 3.93. The molecule has 2 unspecified atom stereocenters. The minimum Gasteiger partial charge on any atom is -0.349 e. The SMILES string of the molecule is C=CC1CCCCC1NC(=O)c1ccc(-c2nc3ccc(C(=O)NC4CCCCC4)cc3[nH]2)cc1. The van der Waals surface area contributed by atoms with Crippen LogP contribution in [0.3, 0.4) is 0 Å². The number of benzene rings is 2. The van der Waals surface area contributed by atoms with Gasteiger partial charge in [0.1, 0.15) is 5.82 Å². The highest BCUT2D eigenvalue weighted by Crippen LogP contribution is 2.26. The second-order valence-electron chi connectivity index (χ2n) is 9.97. The Hall–Kier alpha value is -3.41. The summed E-state index contributed by atoms with van der Waals surface area (Å²) in [6.07, 6.45) is 12.2. The lowest BCUT2D eigenvalue weighted by molar-refractivity contribution is 0.0911. The molecule has 2 fully saturated rings. The number of carbonyl (C=O) groups is 2. The Kier molecular flexibility index (Phi) is 6.98. The number of carbonyl (C=O) groups excluding carboxylic acids is 2. The van der Waals surface area contributed by atoms with Crippen LogP contribution >= 0.6 is 0 Å². The van der Waals surface area contributed by atoms with Crippen molar-refractivity contribution in [1.82, 2.24) is 20.6 Å². The van der Waals surface area contributed by atoms with Crippen LogP contribution < -0.4 is 10.6 Å². The van der Waals surface area contributed by atoms with Crippen molar-refractivity contribution < 1.29 is 9.59 Å². The Morgan fingerprint density at radius 2 is 1.54 bits per heavy atom. The summed E-state index contributed by atoms with van der Waals surface area (Å²) in [4.78, 5) is 33.6. The predicted molar refractivity (Wildman–Crippen MR) is 139 cm³/mol. The summed E-state index contributed by atoms with van der Waals surface area (Å²) < 4.78 is 0. The summed E-state index contributed by atoms with van der Waals surface area (Å²) >= 11 is 0. The zero-order chi connectivity index (χ0) is 24.2. The lowest BCUT2D eigenvalue weighted by Crippen LogP contribution is -2.41. The van der Waals surface area contributed by atoms with Crippen molar-refractivity contribution >= 4 is 22.8 Å². The number of nitrogens with one attached hydrogen (secondary N) is 3. The summed E-state index contributed by atoms with van der Waals surface area (Å²) in [6, 6.07) is 13.5. The van der Waals surface area contributed by atoms with Crippen LogP contribution in [0.15, 0.2) is 55.1 Å². The zero-order valence-corrected chi connectivity index (χ0v) is 20.2. The van der Waals surface area contributed by atoms with Crippen LogP contribution in [-0.4, -0.2) is 33.9 Å². The molecule has 2 aromatic carbocycles. The Morgan fingerprint density at radius 3 is 2.31 bits per heavy atom. The second-order valence-corrected chi connectivity index (χ2v) is 9.97. The lowest BCUT2D eigenvalue weighted by Gasteiger charge is -2.30. The number of H-pyrrole nitrogens is 1. The molecule has 0 spiro atoms. The topological polar surface area (TPSA) is 86.9 Å². The molecule has 35 heavy (non-hydrogen) atoms. The average molecular weight is 471 g/mol. The highest BCUT2D eigenvalue weighted by Gasteiger charge is 2.24. The molecular formula is C29H34N4O2. The molecule has 2 aliphatic carbocycles. The molecule has 2 saturated carbocycles. The molecule has 2 amide bonds. The van der Waals surface area contributed by atoms with Crippen LogP contribution in [-0.2, 0) is 0 Å². The quantitative estimate of drug-likeness (QED) is 0.400. The predicted octanol–water partition coefficient (Wildman–Crippen LogP) is 5.77. The fourth-order valence-corrected chi connectivity index (χ4v) is 5.46. The molecule has 5 rings (SSSR count). The van der Waals surface area contributed by atoms with E-state index in [4.69, 9.17) is 0 Å². The molecule has 0 aliphatic heterocycles. The van der Waals surface area contributed by atoms with Gasteiger partial charge in [-0.1, -0.05) is 50.3 Å². The van der Waals surface area contributed by atoms with Crippen molar-refractivity contribution in [3.8, 4) is 11.4 Å². The molecule has 1 heterocycles. The number of fused-ring (bicyclic) bond motifs is 1. The summed E-state index contributed by atoms with van der Waals surface area (Å²) in [7, 11) is 0. The number of aromatic nitrogens is 2. The van der Waals surface area contributed by atoms with Gasteiger partial charge < -0.3 is 15.6 Å². The summed E-state index contributed by atoms with van der Waals surface area (Å²) in [5.41, 5.74) is 3.81. The third kappa shape index (κ3) is 5.31. The fourth-order valence-electron chi connectivity index (χ4n) is 5.46. The second kappa shape index (κ2) is 10.5. The number of amides is 2. The van der Waals surface area contributed by atoms with Crippen molar-refractivity contribution in [2.45, 2.75) is 69.9 Å². The van der Waals surface area contributed by atoms with E-state index in [2.05, 4.69) is 27.2 Å². The van der Waals surface area contributed by atoms with Crippen molar-refractivity contribution in [3.05, 3.63) is 66.2 Å². The number of nitrogens with zero attached hydrogens (tertiary/aromatic N) is 1. The largest absolute Gasteiger partial charge is 0.349 e. The third-order valence-corrected chi connectivity index (χ3v) is 7.54. The van der Waals surface area contributed by atoms with Gasteiger partial charge in [0, 0.05) is 28.8 Å². The molecule has 1 aromatic heterocycles. The van der Waals surface area contributed by atoms with Crippen LogP contribution in [0.4, 0.5) is 0 Å². The maximum atomic E-state index is 12.8. The molecule has 2 atom stereocenters. The number of imidazole rings is 1. The molecule has 182 valence electrons. The van der Waals surface area contributed by atoms with E-state index in [1.54, 1.807) is 0 Å². The Morgan fingerprint density at radius 1 is 0.857 bits per heavy atom. The van der Waals surface area contributed by atoms with Gasteiger partial charge in [-0.2, -0.15) is 0 Å². The van der Waals surface area contributed by atoms with Crippen molar-refractivity contribution in [2.24, 2.45) is 5.92 Å². The van der Waals surface area contributed by atoms with E-state index in [1.807, 2.05) is 48.5 Å². The third-order valence-electron chi connectivity index (χ3n) is 7.54. The monoisotopic (exact) mass is 470 g/mol. The van der Waals surface area contributed by atoms with Crippen LogP contribution in [0.25, 0.3) is 22.4 Å². The minimum atomic E-state index is -0.0477. The van der Waals surface area contributed by atoms with Gasteiger partial charge in [0.15, 0.2) is 0 Å². The van der Waals surface area contributed by atoms with Gasteiger partial charge in [0.25, 0.3) is 11.8 Å². The highest BCUT2D eigenvalue weighted by molar-refractivity contribution is 5.98. The number of aromatic amines is 1. The zero-order valence-electron chi connectivity index (χ0n) is 20.2. The summed E-state index contributed by atoms with van der Waals surface area (Å²) in [5.74, 6) is 0.989. The van der Waals surface area contributed by atoms with E-state index in [-0.39, 0.29) is 23.9 Å². The van der Waals surface area contributed by atoms with Crippen LogP contribution in [0.2, 0.25) is 0 Å². The lowest BCUT2D eigenvalue weighted by atomic mass is 9.84. The van der Waals surface area contributed by atoms with Gasteiger partial charge >= 0.3 is 0 Å². The number of hydrogen-bond acceptors (Lipinski definition) is 3. The normalized spacial score (nSPS) is 20.9. The molecule has 0 saturated heterocycles. The molecule has 3 N–H and O–H groups in total. The summed E-state index contributed by atoms with van der Waals surface area (Å²) in [5, 5.41) is 6.37. The van der Waals surface area contributed by atoms with E-state index >= 15 is 0 Å². The number of hydrogen-bond donors (Lipinski definition) is 3. The van der Waals surface area contributed by atoms with E-state index in [9.17, 15) is 9.59 Å². The molecule has 3 aromatic rings. The van der Waals surface area contributed by atoms with Crippen molar-refractivity contribution in [3.63, 3.8) is 0 Å². The van der Waals surface area contributed by atoms with Gasteiger partial charge in [0.05, 0.1) is 11.0 Å². The first-order valence-corrected chi connectivity index (χ1v) is 13.0. The average Bonchev–Trinajstić information content (AvgIpc) is 3.33. The van der Waals surface area contributed by atoms with Gasteiger partial charge in [-0.25, -0.2) is 4.98 Å². The first kappa shape index (κ1) is 23.3. The van der Waals surface area contributed by atoms with Gasteiger partial charge in [-0.05, 0) is 61.9 Å². The maximum Gasteiger partial charge on any atom is 0.251 e. The van der Waals surface area contributed by atoms with Gasteiger partial charge in [-0.15, -0.1) is 6.58 Å². The smallest absolute Gasteiger partial charge is 0.251 e. The maximum absolute atomic E-state index is 12.8. The van der Waals surface area contributed by atoms with Crippen molar-refractivity contribution in [2.75, 3.05) is 0 Å². The van der Waals surface area contributed by atoms with Gasteiger partial charge in [-0.3, -0.25) is 9.59 Å². The van der Waals surface area contributed by atoms with Crippen LogP contribution in [0.5, 0.6) is 0 Å². The van der Waals surface area contributed by atoms with Gasteiger partial charge in [0.2, 0.25) is 0 Å². The van der Waals surface area contributed by atoms with Crippen LogP contribution in [0, 0.1) is 5.92 Å². The first-order chi connectivity index (χ1) is 17.1. The van der Waals surface area contributed by atoms with Crippen molar-refractivity contribution in [1.29, 1.82) is 0 Å². The molecule has 2 aliphatic rings. The van der Waals surface area contributed by atoms with E-state index in [1.165, 1.54) is 25.7 Å². The Bertz CT molecular complexity index is 1210.